The molecule has 0 radical (unpaired) electrons. The molecule has 70 valence electrons. The zero-order valence-corrected chi connectivity index (χ0v) is 7.60. The van der Waals surface area contributed by atoms with Crippen LogP contribution in [0.2, 0.25) is 0 Å². The van der Waals surface area contributed by atoms with Gasteiger partial charge in [0.25, 0.3) is 5.56 Å². The highest BCUT2D eigenvalue weighted by Crippen LogP contribution is 2.03. The van der Waals surface area contributed by atoms with Gasteiger partial charge >= 0.3 is 0 Å². The summed E-state index contributed by atoms with van der Waals surface area (Å²) in [5.74, 6) is 0. The van der Waals surface area contributed by atoms with E-state index in [9.17, 15) is 4.79 Å². The third kappa shape index (κ3) is 2.07. The zero-order valence-electron chi connectivity index (χ0n) is 7.60. The molecule has 1 heterocycles. The quantitative estimate of drug-likeness (QED) is 0.769. The Kier molecular flexibility index (Phi) is 2.40. The van der Waals surface area contributed by atoms with Gasteiger partial charge in [0.1, 0.15) is 0 Å². The molecule has 0 aliphatic heterocycles. The van der Waals surface area contributed by atoms with Crippen molar-refractivity contribution in [3.05, 3.63) is 64.3 Å². The minimum atomic E-state index is -0.199. The highest BCUT2D eigenvalue weighted by molar-refractivity contribution is 5.20. The van der Waals surface area contributed by atoms with Crippen LogP contribution in [0, 0.1) is 0 Å². The summed E-state index contributed by atoms with van der Waals surface area (Å²) in [4.78, 5) is 17.5. The summed E-state index contributed by atoms with van der Waals surface area (Å²) >= 11 is 0. The van der Waals surface area contributed by atoms with Crippen molar-refractivity contribution >= 4 is 0 Å². The Balaban J connectivity index is 2.24. The predicted octanol–water partition coefficient (Wildman–Crippen LogP) is 1.36. The second-order valence-corrected chi connectivity index (χ2v) is 3.07. The van der Waals surface area contributed by atoms with Crippen molar-refractivity contribution in [1.82, 2.24) is 9.97 Å². The maximum Gasteiger partial charge on any atom is 0.272 e. The lowest BCUT2D eigenvalue weighted by atomic mass is 10.1. The molecule has 0 fully saturated rings. The normalized spacial score (nSPS) is 10.0. The number of aromatic nitrogens is 2. The van der Waals surface area contributed by atoms with E-state index in [1.54, 1.807) is 0 Å². The van der Waals surface area contributed by atoms with Crippen LogP contribution in [0.15, 0.2) is 47.5 Å². The van der Waals surface area contributed by atoms with E-state index in [4.69, 9.17) is 0 Å². The van der Waals surface area contributed by atoms with Crippen LogP contribution in [0.1, 0.15) is 11.3 Å². The van der Waals surface area contributed by atoms with Gasteiger partial charge in [-0.3, -0.25) is 4.79 Å². The van der Waals surface area contributed by atoms with E-state index in [0.29, 0.717) is 0 Å². The van der Waals surface area contributed by atoms with E-state index in [1.807, 2.05) is 30.3 Å². The number of aromatic amines is 1. The van der Waals surface area contributed by atoms with Gasteiger partial charge in [0.2, 0.25) is 0 Å². The zero-order chi connectivity index (χ0) is 9.80. The number of nitrogens with one attached hydrogen (secondary N) is 1. The minimum absolute atomic E-state index is 0.199. The van der Waals surface area contributed by atoms with E-state index in [0.717, 1.165) is 12.1 Å². The van der Waals surface area contributed by atoms with Crippen molar-refractivity contribution in [2.24, 2.45) is 0 Å². The fraction of sp³-hybridized carbons (Fsp3) is 0.0909. The highest BCUT2D eigenvalue weighted by atomic mass is 16.1. The third-order valence-corrected chi connectivity index (χ3v) is 1.98. The van der Waals surface area contributed by atoms with E-state index in [2.05, 4.69) is 9.97 Å². The molecule has 0 atom stereocenters. The lowest BCUT2D eigenvalue weighted by Gasteiger charge is -1.99. The van der Waals surface area contributed by atoms with Gasteiger partial charge in [0.15, 0.2) is 0 Å². The fourth-order valence-electron chi connectivity index (χ4n) is 1.32. The molecule has 0 aliphatic carbocycles. The molecular weight excluding hydrogens is 176 g/mol. The van der Waals surface area contributed by atoms with Crippen LogP contribution in [0.5, 0.6) is 0 Å². The Hall–Kier alpha value is -1.90. The number of hydrogen-bond acceptors (Lipinski definition) is 2. The molecule has 0 aliphatic rings. The molecule has 0 unspecified atom stereocenters. The Bertz CT molecular complexity index is 462. The summed E-state index contributed by atoms with van der Waals surface area (Å²) < 4.78 is 0. The first kappa shape index (κ1) is 8.69. The maximum atomic E-state index is 10.9. The summed E-state index contributed by atoms with van der Waals surface area (Å²) in [5, 5.41) is 0. The first-order valence-corrected chi connectivity index (χ1v) is 4.42. The predicted molar refractivity (Wildman–Crippen MR) is 54.1 cm³/mol. The SMILES string of the molecule is O=c1cc(Cc2ccccc2)[nH]cn1. The van der Waals surface area contributed by atoms with Gasteiger partial charge in [-0.1, -0.05) is 30.3 Å². The molecule has 3 heteroatoms. The second-order valence-electron chi connectivity index (χ2n) is 3.07. The molecule has 0 spiro atoms. The number of rotatable bonds is 2. The van der Waals surface area contributed by atoms with E-state index >= 15 is 0 Å². The molecule has 0 saturated heterocycles. The summed E-state index contributed by atoms with van der Waals surface area (Å²) in [6.07, 6.45) is 2.17. The van der Waals surface area contributed by atoms with Crippen LogP contribution in [-0.2, 0) is 6.42 Å². The van der Waals surface area contributed by atoms with Crippen LogP contribution in [0.4, 0.5) is 0 Å². The molecule has 2 rings (SSSR count). The van der Waals surface area contributed by atoms with E-state index < -0.39 is 0 Å². The average molecular weight is 186 g/mol. The molecule has 1 N–H and O–H groups in total. The van der Waals surface area contributed by atoms with Crippen molar-refractivity contribution in [3.63, 3.8) is 0 Å². The Morgan fingerprint density at radius 3 is 2.71 bits per heavy atom. The largest absolute Gasteiger partial charge is 0.349 e. The molecule has 0 saturated carbocycles. The molecule has 0 bridgehead atoms. The first-order chi connectivity index (χ1) is 6.84. The highest BCUT2D eigenvalue weighted by Gasteiger charge is 1.96. The van der Waals surface area contributed by atoms with Crippen LogP contribution in [-0.4, -0.2) is 9.97 Å². The van der Waals surface area contributed by atoms with E-state index in [-0.39, 0.29) is 5.56 Å². The Labute approximate surface area is 81.5 Å². The molecule has 0 amide bonds. The van der Waals surface area contributed by atoms with Gasteiger partial charge in [-0.15, -0.1) is 0 Å². The van der Waals surface area contributed by atoms with Crippen molar-refractivity contribution < 1.29 is 0 Å². The van der Waals surface area contributed by atoms with Gasteiger partial charge < -0.3 is 4.98 Å². The third-order valence-electron chi connectivity index (χ3n) is 1.98. The summed E-state index contributed by atoms with van der Waals surface area (Å²) in [6.45, 7) is 0. The molecule has 2 aromatic rings. The summed E-state index contributed by atoms with van der Waals surface area (Å²) in [7, 11) is 0. The van der Waals surface area contributed by atoms with Crippen molar-refractivity contribution in [1.29, 1.82) is 0 Å². The molecular formula is C11H10N2O. The fourth-order valence-corrected chi connectivity index (χ4v) is 1.32. The minimum Gasteiger partial charge on any atom is -0.349 e. The topological polar surface area (TPSA) is 45.8 Å². The van der Waals surface area contributed by atoms with Gasteiger partial charge in [-0.25, -0.2) is 0 Å². The number of H-pyrrole nitrogens is 1. The number of benzene rings is 1. The van der Waals surface area contributed by atoms with Gasteiger partial charge in [-0.2, -0.15) is 4.98 Å². The van der Waals surface area contributed by atoms with E-state index in [1.165, 1.54) is 18.0 Å². The van der Waals surface area contributed by atoms with Crippen LogP contribution in [0.3, 0.4) is 0 Å². The Morgan fingerprint density at radius 2 is 2.00 bits per heavy atom. The van der Waals surface area contributed by atoms with Crippen LogP contribution in [0.25, 0.3) is 0 Å². The average Bonchev–Trinajstić information content (AvgIpc) is 2.19. The smallest absolute Gasteiger partial charge is 0.272 e. The van der Waals surface area contributed by atoms with Crippen LogP contribution < -0.4 is 5.56 Å². The van der Waals surface area contributed by atoms with Crippen LogP contribution >= 0.6 is 0 Å². The molecule has 1 aromatic carbocycles. The molecule has 1 aromatic heterocycles. The van der Waals surface area contributed by atoms with Crippen molar-refractivity contribution in [3.8, 4) is 0 Å². The summed E-state index contributed by atoms with van der Waals surface area (Å²) in [5.41, 5.74) is 1.86. The lowest BCUT2D eigenvalue weighted by Crippen LogP contribution is -2.06. The number of hydrogen-bond donors (Lipinski definition) is 1. The summed E-state index contributed by atoms with van der Waals surface area (Å²) in [6, 6.07) is 11.5. The van der Waals surface area contributed by atoms with Gasteiger partial charge in [0, 0.05) is 18.2 Å². The molecule has 14 heavy (non-hydrogen) atoms. The monoisotopic (exact) mass is 186 g/mol. The van der Waals surface area contributed by atoms with Gasteiger partial charge in [0.05, 0.1) is 6.33 Å². The maximum absolute atomic E-state index is 10.9. The van der Waals surface area contributed by atoms with Crippen molar-refractivity contribution in [2.75, 3.05) is 0 Å². The van der Waals surface area contributed by atoms with Crippen molar-refractivity contribution in [2.45, 2.75) is 6.42 Å². The second kappa shape index (κ2) is 3.87. The number of nitrogens with zero attached hydrogens (tertiary/aromatic N) is 1. The standard InChI is InChI=1S/C11H10N2O/c14-11-7-10(12-8-13-11)6-9-4-2-1-3-5-9/h1-5,7-8H,6H2,(H,12,13,14). The molecule has 3 nitrogen and oxygen atoms in total. The Morgan fingerprint density at radius 1 is 1.21 bits per heavy atom. The van der Waals surface area contributed by atoms with Gasteiger partial charge in [-0.05, 0) is 5.56 Å². The lowest BCUT2D eigenvalue weighted by molar-refractivity contribution is 1.00. The first-order valence-electron chi connectivity index (χ1n) is 4.42.